The lowest BCUT2D eigenvalue weighted by Crippen LogP contribution is -2.31. The summed E-state index contributed by atoms with van der Waals surface area (Å²) < 4.78 is 0. The van der Waals surface area contributed by atoms with E-state index in [1.165, 1.54) is 18.2 Å². The predicted molar refractivity (Wildman–Crippen MR) is 86.3 cm³/mol. The molecular weight excluding hydrogens is 306 g/mol. The molecule has 0 bridgehead atoms. The third kappa shape index (κ3) is 3.95. The van der Waals surface area contributed by atoms with Gasteiger partial charge in [-0.1, -0.05) is 29.8 Å². The van der Waals surface area contributed by atoms with Crippen LogP contribution in [0, 0.1) is 10.1 Å². The summed E-state index contributed by atoms with van der Waals surface area (Å²) in [5.41, 5.74) is 1.05. The van der Waals surface area contributed by atoms with E-state index in [9.17, 15) is 14.9 Å². The van der Waals surface area contributed by atoms with Gasteiger partial charge in [-0.2, -0.15) is 0 Å². The molecule has 1 unspecified atom stereocenters. The fourth-order valence-electron chi connectivity index (χ4n) is 1.81. The van der Waals surface area contributed by atoms with E-state index >= 15 is 0 Å². The molecule has 6 nitrogen and oxygen atoms in total. The van der Waals surface area contributed by atoms with Gasteiger partial charge in [0, 0.05) is 17.8 Å². The van der Waals surface area contributed by atoms with E-state index in [0.29, 0.717) is 11.4 Å². The van der Waals surface area contributed by atoms with Crippen LogP contribution in [0.3, 0.4) is 0 Å². The molecule has 2 aromatic rings. The zero-order valence-electron chi connectivity index (χ0n) is 11.7. The number of carbonyl (C=O) groups excluding carboxylic acids is 1. The first kappa shape index (κ1) is 15.8. The number of para-hydroxylation sites is 1. The topological polar surface area (TPSA) is 84.3 Å². The monoisotopic (exact) mass is 319 g/mol. The molecule has 0 saturated heterocycles. The number of hydrogen-bond acceptors (Lipinski definition) is 4. The Morgan fingerprint density at radius 1 is 1.23 bits per heavy atom. The number of nitrogens with one attached hydrogen (secondary N) is 2. The van der Waals surface area contributed by atoms with Gasteiger partial charge < -0.3 is 10.6 Å². The van der Waals surface area contributed by atoms with E-state index in [4.69, 9.17) is 11.6 Å². The Bertz CT molecular complexity index is 692. The van der Waals surface area contributed by atoms with Gasteiger partial charge in [-0.15, -0.1) is 0 Å². The lowest BCUT2D eigenvalue weighted by molar-refractivity contribution is -0.384. The van der Waals surface area contributed by atoms with Crippen LogP contribution in [0.25, 0.3) is 0 Å². The van der Waals surface area contributed by atoms with Crippen LogP contribution < -0.4 is 10.6 Å². The van der Waals surface area contributed by atoms with E-state index in [1.54, 1.807) is 19.1 Å². The number of nitro benzene ring substituents is 1. The number of anilines is 2. The molecule has 0 aliphatic heterocycles. The van der Waals surface area contributed by atoms with Crippen molar-refractivity contribution in [3.05, 3.63) is 63.7 Å². The van der Waals surface area contributed by atoms with Gasteiger partial charge in [0.15, 0.2) is 0 Å². The van der Waals surface area contributed by atoms with Crippen molar-refractivity contribution in [1.29, 1.82) is 0 Å². The number of nitrogens with zero attached hydrogens (tertiary/aromatic N) is 1. The minimum atomic E-state index is -0.556. The first-order valence-corrected chi connectivity index (χ1v) is 6.91. The van der Waals surface area contributed by atoms with Gasteiger partial charge in [-0.25, -0.2) is 0 Å². The van der Waals surface area contributed by atoms with Crippen molar-refractivity contribution >= 4 is 34.6 Å². The van der Waals surface area contributed by atoms with E-state index in [0.717, 1.165) is 0 Å². The highest BCUT2D eigenvalue weighted by Crippen LogP contribution is 2.27. The Hall–Kier alpha value is -2.60. The van der Waals surface area contributed by atoms with Crippen molar-refractivity contribution < 1.29 is 9.72 Å². The number of hydrogen-bond donors (Lipinski definition) is 2. The lowest BCUT2D eigenvalue weighted by Gasteiger charge is -2.16. The molecular formula is C15H14ClN3O3. The summed E-state index contributed by atoms with van der Waals surface area (Å²) in [6.45, 7) is 1.68. The largest absolute Gasteiger partial charge is 0.373 e. The Kier molecular flexibility index (Phi) is 4.95. The van der Waals surface area contributed by atoms with E-state index < -0.39 is 11.0 Å². The molecule has 0 heterocycles. The van der Waals surface area contributed by atoms with Gasteiger partial charge in [0.05, 0.1) is 15.6 Å². The molecule has 0 radical (unpaired) electrons. The van der Waals surface area contributed by atoms with Crippen LogP contribution in [-0.4, -0.2) is 16.9 Å². The number of rotatable bonds is 5. The summed E-state index contributed by atoms with van der Waals surface area (Å²) in [6, 6.07) is 12.6. The van der Waals surface area contributed by atoms with E-state index in [2.05, 4.69) is 10.6 Å². The van der Waals surface area contributed by atoms with E-state index in [1.807, 2.05) is 18.2 Å². The van der Waals surface area contributed by atoms with Crippen LogP contribution in [0.5, 0.6) is 0 Å². The second-order valence-corrected chi connectivity index (χ2v) is 5.05. The number of halogens is 1. The molecule has 2 aromatic carbocycles. The quantitative estimate of drug-likeness (QED) is 0.650. The van der Waals surface area contributed by atoms with Gasteiger partial charge in [0.2, 0.25) is 5.91 Å². The Balaban J connectivity index is 2.03. The number of benzene rings is 2. The highest BCUT2D eigenvalue weighted by atomic mass is 35.5. The van der Waals surface area contributed by atoms with Crippen molar-refractivity contribution in [3.63, 3.8) is 0 Å². The predicted octanol–water partition coefficient (Wildman–Crippen LogP) is 3.69. The highest BCUT2D eigenvalue weighted by molar-refractivity contribution is 6.33. The molecule has 7 heteroatoms. The average Bonchev–Trinajstić information content (AvgIpc) is 2.50. The van der Waals surface area contributed by atoms with Crippen molar-refractivity contribution in [1.82, 2.24) is 0 Å². The fourth-order valence-corrected chi connectivity index (χ4v) is 2.03. The van der Waals surface area contributed by atoms with Crippen LogP contribution >= 0.6 is 11.6 Å². The minimum Gasteiger partial charge on any atom is -0.373 e. The van der Waals surface area contributed by atoms with Crippen LogP contribution in [-0.2, 0) is 4.79 Å². The molecule has 0 aromatic heterocycles. The molecule has 0 aliphatic carbocycles. The Morgan fingerprint density at radius 2 is 1.91 bits per heavy atom. The maximum atomic E-state index is 12.1. The van der Waals surface area contributed by atoms with Crippen LogP contribution in [0.1, 0.15) is 6.92 Å². The first-order valence-electron chi connectivity index (χ1n) is 6.54. The number of nitro groups is 1. The van der Waals surface area contributed by atoms with Crippen LogP contribution in [0.4, 0.5) is 17.1 Å². The van der Waals surface area contributed by atoms with Crippen molar-refractivity contribution in [2.24, 2.45) is 0 Å². The summed E-state index contributed by atoms with van der Waals surface area (Å²) in [6.07, 6.45) is 0. The number of carbonyl (C=O) groups is 1. The molecule has 0 spiro atoms. The summed E-state index contributed by atoms with van der Waals surface area (Å²) in [4.78, 5) is 22.2. The normalized spacial score (nSPS) is 11.5. The Morgan fingerprint density at radius 3 is 2.50 bits per heavy atom. The zero-order chi connectivity index (χ0) is 16.1. The second-order valence-electron chi connectivity index (χ2n) is 4.64. The fraction of sp³-hybridized carbons (Fsp3) is 0.133. The summed E-state index contributed by atoms with van der Waals surface area (Å²) in [7, 11) is 0. The standard InChI is InChI=1S/C15H14ClN3O3/c1-10(15(20)18-11-5-3-2-4-6-11)17-14-8-7-12(19(21)22)9-13(14)16/h2-10,17H,1H3,(H,18,20). The number of amides is 1. The molecule has 22 heavy (non-hydrogen) atoms. The first-order chi connectivity index (χ1) is 10.5. The highest BCUT2D eigenvalue weighted by Gasteiger charge is 2.16. The van der Waals surface area contributed by atoms with Gasteiger partial charge in [-0.3, -0.25) is 14.9 Å². The van der Waals surface area contributed by atoms with Crippen molar-refractivity contribution in [2.45, 2.75) is 13.0 Å². The Labute approximate surface area is 132 Å². The summed E-state index contributed by atoms with van der Waals surface area (Å²) in [5.74, 6) is -0.236. The molecule has 1 amide bonds. The lowest BCUT2D eigenvalue weighted by atomic mass is 10.2. The molecule has 0 saturated carbocycles. The van der Waals surface area contributed by atoms with Crippen LogP contribution in [0.2, 0.25) is 5.02 Å². The summed E-state index contributed by atoms with van der Waals surface area (Å²) in [5, 5.41) is 16.5. The maximum absolute atomic E-state index is 12.1. The maximum Gasteiger partial charge on any atom is 0.271 e. The van der Waals surface area contributed by atoms with E-state index in [-0.39, 0.29) is 16.6 Å². The summed E-state index contributed by atoms with van der Waals surface area (Å²) >= 11 is 5.98. The van der Waals surface area contributed by atoms with Gasteiger partial charge >= 0.3 is 0 Å². The van der Waals surface area contributed by atoms with Gasteiger partial charge in [0.1, 0.15) is 6.04 Å². The van der Waals surface area contributed by atoms with Crippen molar-refractivity contribution in [3.8, 4) is 0 Å². The zero-order valence-corrected chi connectivity index (χ0v) is 12.5. The molecule has 2 N–H and O–H groups in total. The minimum absolute atomic E-state index is 0.100. The molecule has 114 valence electrons. The third-order valence-electron chi connectivity index (χ3n) is 2.97. The second kappa shape index (κ2) is 6.91. The van der Waals surface area contributed by atoms with Crippen LogP contribution in [0.15, 0.2) is 48.5 Å². The molecule has 0 fully saturated rings. The van der Waals surface area contributed by atoms with Gasteiger partial charge in [0.25, 0.3) is 5.69 Å². The smallest absolute Gasteiger partial charge is 0.271 e. The third-order valence-corrected chi connectivity index (χ3v) is 3.28. The number of non-ortho nitro benzene ring substituents is 1. The van der Waals surface area contributed by atoms with Gasteiger partial charge in [-0.05, 0) is 25.1 Å². The average molecular weight is 320 g/mol. The molecule has 0 aliphatic rings. The SMILES string of the molecule is CC(Nc1ccc([N+](=O)[O-])cc1Cl)C(=O)Nc1ccccc1. The van der Waals surface area contributed by atoms with Crippen molar-refractivity contribution in [2.75, 3.05) is 10.6 Å². The molecule has 1 atom stereocenters. The molecule has 2 rings (SSSR count).